The monoisotopic (exact) mass is 330 g/mol. The second kappa shape index (κ2) is 14.5. The third kappa shape index (κ3) is 14.2. The van der Waals surface area contributed by atoms with Crippen LogP contribution in [0.5, 0.6) is 0 Å². The number of nitrogens with one attached hydrogen (secondary N) is 1. The fraction of sp³-hybridized carbons (Fsp3) is 0.824. The van der Waals surface area contributed by atoms with Crippen LogP contribution < -0.4 is 5.32 Å². The van der Waals surface area contributed by atoms with Crippen molar-refractivity contribution in [3.05, 3.63) is 11.8 Å². The van der Waals surface area contributed by atoms with Gasteiger partial charge in [-0.05, 0) is 18.9 Å². The van der Waals surface area contributed by atoms with Gasteiger partial charge in [-0.3, -0.25) is 9.69 Å². The van der Waals surface area contributed by atoms with E-state index < -0.39 is 12.1 Å². The summed E-state index contributed by atoms with van der Waals surface area (Å²) in [6, 6.07) is 0. The van der Waals surface area contributed by atoms with E-state index in [9.17, 15) is 15.0 Å². The average molecular weight is 330 g/mol. The lowest BCUT2D eigenvalue weighted by Gasteiger charge is -2.24. The van der Waals surface area contributed by atoms with Crippen LogP contribution in [-0.4, -0.2) is 65.0 Å². The van der Waals surface area contributed by atoms with E-state index >= 15 is 0 Å². The predicted molar refractivity (Wildman–Crippen MR) is 92.7 cm³/mol. The highest BCUT2D eigenvalue weighted by Gasteiger charge is 2.12. The summed E-state index contributed by atoms with van der Waals surface area (Å²) in [6.45, 7) is 6.77. The van der Waals surface area contributed by atoms with E-state index in [2.05, 4.69) is 19.2 Å². The second-order valence-electron chi connectivity index (χ2n) is 5.90. The first-order chi connectivity index (χ1) is 11.0. The zero-order valence-corrected chi connectivity index (χ0v) is 14.6. The zero-order valence-electron chi connectivity index (χ0n) is 14.6. The molecule has 0 heterocycles. The normalized spacial score (nSPS) is 13.5. The molecule has 0 aliphatic rings. The fourth-order valence-electron chi connectivity index (χ4n) is 2.21. The van der Waals surface area contributed by atoms with E-state index in [4.69, 9.17) is 5.11 Å². The Labute approximate surface area is 140 Å². The van der Waals surface area contributed by atoms with Crippen molar-refractivity contribution >= 4 is 5.97 Å². The maximum Gasteiger partial charge on any atom is 0.304 e. The number of hydrogen-bond acceptors (Lipinski definition) is 5. The molecule has 0 aromatic carbocycles. The van der Waals surface area contributed by atoms with Gasteiger partial charge in [0.2, 0.25) is 0 Å². The summed E-state index contributed by atoms with van der Waals surface area (Å²) in [7, 11) is 0. The summed E-state index contributed by atoms with van der Waals surface area (Å²) in [5, 5.41) is 31.6. The molecule has 1 atom stereocenters. The van der Waals surface area contributed by atoms with Crippen molar-refractivity contribution in [3.8, 4) is 0 Å². The summed E-state index contributed by atoms with van der Waals surface area (Å²) < 4.78 is 0. The number of hydrogen-bond donors (Lipinski definition) is 4. The van der Waals surface area contributed by atoms with Crippen molar-refractivity contribution in [1.29, 1.82) is 0 Å². The number of carbonyl (C=O) groups is 1. The van der Waals surface area contributed by atoms with Crippen molar-refractivity contribution in [2.24, 2.45) is 0 Å². The van der Waals surface area contributed by atoms with E-state index in [1.165, 1.54) is 0 Å². The average Bonchev–Trinajstić information content (AvgIpc) is 2.52. The number of carboxylic acids is 1. The van der Waals surface area contributed by atoms with Gasteiger partial charge in [0.1, 0.15) is 5.76 Å². The Hall–Kier alpha value is -1.11. The van der Waals surface area contributed by atoms with Crippen LogP contribution >= 0.6 is 0 Å². The molecular weight excluding hydrogens is 296 g/mol. The maximum atomic E-state index is 10.7. The van der Waals surface area contributed by atoms with Crippen LogP contribution in [0.4, 0.5) is 0 Å². The van der Waals surface area contributed by atoms with Gasteiger partial charge in [0.25, 0.3) is 0 Å². The Balaban J connectivity index is 4.11. The quantitative estimate of drug-likeness (QED) is 0.272. The van der Waals surface area contributed by atoms with Crippen LogP contribution in [-0.2, 0) is 4.79 Å². The Morgan fingerprint density at radius 2 is 1.96 bits per heavy atom. The van der Waals surface area contributed by atoms with E-state index in [0.717, 1.165) is 32.1 Å². The molecule has 0 spiro atoms. The lowest BCUT2D eigenvalue weighted by atomic mass is 10.1. The van der Waals surface area contributed by atoms with Crippen LogP contribution in [0.15, 0.2) is 11.8 Å². The van der Waals surface area contributed by atoms with Crippen molar-refractivity contribution in [1.82, 2.24) is 10.2 Å². The number of allylic oxidation sites excluding steroid dienone is 1. The summed E-state index contributed by atoms with van der Waals surface area (Å²) in [4.78, 5) is 12.7. The highest BCUT2D eigenvalue weighted by atomic mass is 16.4. The molecule has 4 N–H and O–H groups in total. The molecule has 0 amide bonds. The molecule has 1 unspecified atom stereocenters. The molecule has 0 radical (unpaired) electrons. The van der Waals surface area contributed by atoms with Gasteiger partial charge in [-0.1, -0.05) is 33.1 Å². The number of aliphatic hydroxyl groups excluding tert-OH is 2. The topological polar surface area (TPSA) is 93.0 Å². The summed E-state index contributed by atoms with van der Waals surface area (Å²) in [6.07, 6.45) is 6.09. The first-order valence-electron chi connectivity index (χ1n) is 8.70. The van der Waals surface area contributed by atoms with Gasteiger partial charge in [0.05, 0.1) is 19.1 Å². The number of rotatable bonds is 15. The lowest BCUT2D eigenvalue weighted by molar-refractivity contribution is -0.137. The number of nitrogens with zero attached hydrogens (tertiary/aromatic N) is 1. The first-order valence-corrected chi connectivity index (χ1v) is 8.70. The zero-order chi connectivity index (χ0) is 17.5. The van der Waals surface area contributed by atoms with Gasteiger partial charge in [0, 0.05) is 26.2 Å². The Morgan fingerprint density at radius 3 is 2.57 bits per heavy atom. The van der Waals surface area contributed by atoms with Gasteiger partial charge in [-0.15, -0.1) is 0 Å². The van der Waals surface area contributed by atoms with Gasteiger partial charge in [-0.2, -0.15) is 0 Å². The van der Waals surface area contributed by atoms with Crippen molar-refractivity contribution in [3.63, 3.8) is 0 Å². The SMILES string of the molecule is CCC/C=C(\O)CNCCN(CCC(=O)O)CC(O)CCCC. The standard InChI is InChI=1S/C17H34N2O4/c1-3-5-7-15(20)13-18-10-12-19(11-9-17(22)23)14-16(21)8-6-4-2/h7,16,18,20-21H,3-6,8-14H2,1-2H3,(H,22,23)/b15-7-. The molecule has 0 saturated carbocycles. The molecule has 0 aliphatic heterocycles. The minimum absolute atomic E-state index is 0.0716. The molecule has 23 heavy (non-hydrogen) atoms. The third-order valence-corrected chi connectivity index (χ3v) is 3.58. The van der Waals surface area contributed by atoms with Gasteiger partial charge in [0.15, 0.2) is 0 Å². The molecule has 136 valence electrons. The Morgan fingerprint density at radius 1 is 1.22 bits per heavy atom. The second-order valence-corrected chi connectivity index (χ2v) is 5.90. The molecule has 6 heteroatoms. The van der Waals surface area contributed by atoms with Crippen molar-refractivity contribution in [2.75, 3.05) is 32.7 Å². The minimum Gasteiger partial charge on any atom is -0.511 e. The molecule has 0 bridgehead atoms. The van der Waals surface area contributed by atoms with E-state index in [-0.39, 0.29) is 6.42 Å². The molecule has 0 aliphatic carbocycles. The number of carboxylic acid groups (broad SMARTS) is 1. The molecule has 0 saturated heterocycles. The maximum absolute atomic E-state index is 10.7. The smallest absolute Gasteiger partial charge is 0.304 e. The predicted octanol–water partition coefficient (Wildman–Crippen LogP) is 2.15. The summed E-state index contributed by atoms with van der Waals surface area (Å²) in [5.74, 6) is -0.488. The molecule has 0 fully saturated rings. The van der Waals surface area contributed by atoms with Gasteiger partial charge < -0.3 is 20.6 Å². The van der Waals surface area contributed by atoms with E-state index in [1.54, 1.807) is 0 Å². The van der Waals surface area contributed by atoms with Crippen molar-refractivity contribution < 1.29 is 20.1 Å². The largest absolute Gasteiger partial charge is 0.511 e. The summed E-state index contributed by atoms with van der Waals surface area (Å²) in [5.41, 5.74) is 0. The number of aliphatic carboxylic acids is 1. The summed E-state index contributed by atoms with van der Waals surface area (Å²) >= 11 is 0. The van der Waals surface area contributed by atoms with Crippen molar-refractivity contribution in [2.45, 2.75) is 58.5 Å². The van der Waals surface area contributed by atoms with Crippen LogP contribution in [0.2, 0.25) is 0 Å². The van der Waals surface area contributed by atoms with Crippen LogP contribution in [0.3, 0.4) is 0 Å². The van der Waals surface area contributed by atoms with Crippen LogP contribution in [0.1, 0.15) is 52.4 Å². The van der Waals surface area contributed by atoms with E-state index in [1.807, 2.05) is 11.0 Å². The number of unbranched alkanes of at least 4 members (excludes halogenated alkanes) is 2. The molecule has 6 nitrogen and oxygen atoms in total. The van der Waals surface area contributed by atoms with Crippen LogP contribution in [0, 0.1) is 0 Å². The van der Waals surface area contributed by atoms with Gasteiger partial charge >= 0.3 is 5.97 Å². The Bertz CT molecular complexity index is 335. The number of aliphatic hydroxyl groups is 2. The lowest BCUT2D eigenvalue weighted by Crippen LogP contribution is -2.39. The van der Waals surface area contributed by atoms with Crippen LogP contribution in [0.25, 0.3) is 0 Å². The fourth-order valence-corrected chi connectivity index (χ4v) is 2.21. The first kappa shape index (κ1) is 21.9. The van der Waals surface area contributed by atoms with E-state index in [0.29, 0.717) is 38.5 Å². The molecule has 0 aromatic heterocycles. The minimum atomic E-state index is -0.828. The molecule has 0 rings (SSSR count). The highest BCUT2D eigenvalue weighted by molar-refractivity contribution is 5.66. The van der Waals surface area contributed by atoms with Gasteiger partial charge in [-0.25, -0.2) is 0 Å². The molecule has 0 aromatic rings. The highest BCUT2D eigenvalue weighted by Crippen LogP contribution is 2.03. The third-order valence-electron chi connectivity index (χ3n) is 3.58. The Kier molecular flexibility index (Phi) is 13.8. The molecular formula is C17H34N2O4.